The number of aromatic nitrogens is 1. The second kappa shape index (κ2) is 8.91. The van der Waals surface area contributed by atoms with Crippen LogP contribution in [-0.4, -0.2) is 33.4 Å². The van der Waals surface area contributed by atoms with Crippen LogP contribution in [0.5, 0.6) is 0 Å². The quantitative estimate of drug-likeness (QED) is 0.636. The maximum atomic E-state index is 13.3. The van der Waals surface area contributed by atoms with Crippen molar-refractivity contribution in [3.63, 3.8) is 0 Å². The molecule has 0 bridgehead atoms. The Hall–Kier alpha value is -3.91. The number of nitrogens with one attached hydrogen (secondary N) is 1. The molecule has 1 aliphatic heterocycles. The second-order valence-electron chi connectivity index (χ2n) is 9.31. The summed E-state index contributed by atoms with van der Waals surface area (Å²) in [5.74, 6) is 0.299. The molecule has 1 aromatic carbocycles. The van der Waals surface area contributed by atoms with E-state index in [1.54, 1.807) is 55.3 Å². The molecule has 0 aliphatic carbocycles. The van der Waals surface area contributed by atoms with Crippen molar-refractivity contribution in [2.75, 3.05) is 10.2 Å². The van der Waals surface area contributed by atoms with Gasteiger partial charge in [-0.05, 0) is 70.0 Å². The molecule has 1 atom stereocenters. The number of nitriles is 2. The number of anilines is 2. The van der Waals surface area contributed by atoms with Gasteiger partial charge in [-0.3, -0.25) is 4.79 Å². The summed E-state index contributed by atoms with van der Waals surface area (Å²) in [5.41, 5.74) is 0.401. The monoisotopic (exact) mass is 444 g/mol. The van der Waals surface area contributed by atoms with Crippen molar-refractivity contribution < 1.29 is 9.59 Å². The van der Waals surface area contributed by atoms with Crippen LogP contribution in [0.25, 0.3) is 0 Å². The van der Waals surface area contributed by atoms with Crippen LogP contribution in [0.4, 0.5) is 16.3 Å². The average molecular weight is 445 g/mol. The van der Waals surface area contributed by atoms with E-state index >= 15 is 0 Å². The molecule has 33 heavy (non-hydrogen) atoms. The van der Waals surface area contributed by atoms with Crippen LogP contribution in [0.3, 0.4) is 0 Å². The summed E-state index contributed by atoms with van der Waals surface area (Å²) >= 11 is 0. The molecule has 1 aromatic heterocycles. The summed E-state index contributed by atoms with van der Waals surface area (Å²) in [6.45, 7) is 9.23. The van der Waals surface area contributed by atoms with E-state index in [-0.39, 0.29) is 18.5 Å². The fourth-order valence-electron chi connectivity index (χ4n) is 3.69. The number of rotatable bonds is 7. The van der Waals surface area contributed by atoms with Gasteiger partial charge in [-0.25, -0.2) is 14.7 Å². The lowest BCUT2D eigenvalue weighted by atomic mass is 9.86. The van der Waals surface area contributed by atoms with Gasteiger partial charge in [-0.15, -0.1) is 0 Å². The van der Waals surface area contributed by atoms with Gasteiger partial charge in [0.25, 0.3) is 5.91 Å². The lowest BCUT2D eigenvalue weighted by molar-refractivity contribution is -0.123. The number of benzene rings is 1. The maximum absolute atomic E-state index is 13.3. The molecule has 0 unspecified atom stereocenters. The van der Waals surface area contributed by atoms with Crippen molar-refractivity contribution in [3.8, 4) is 12.1 Å². The second-order valence-corrected chi connectivity index (χ2v) is 9.31. The highest BCUT2D eigenvalue weighted by atomic mass is 16.2. The molecule has 0 saturated carbocycles. The van der Waals surface area contributed by atoms with Crippen molar-refractivity contribution in [1.29, 1.82) is 10.5 Å². The Balaban J connectivity index is 1.84. The first-order valence-corrected chi connectivity index (χ1v) is 10.8. The first-order chi connectivity index (χ1) is 15.5. The van der Waals surface area contributed by atoms with Crippen LogP contribution in [0.1, 0.15) is 52.2 Å². The third-order valence-corrected chi connectivity index (χ3v) is 5.91. The SMILES string of the molecule is C[C@@H](CC#N)Nc1cc(CN2C(=O)N(c3ccc(C(C)(C)C#N)cc3)C(=O)C2(C)C)ccn1. The zero-order valence-electron chi connectivity index (χ0n) is 19.6. The molecule has 1 aliphatic rings. The van der Waals surface area contributed by atoms with Crippen molar-refractivity contribution in [3.05, 3.63) is 53.7 Å². The highest BCUT2D eigenvalue weighted by molar-refractivity contribution is 6.22. The van der Waals surface area contributed by atoms with E-state index < -0.39 is 17.0 Å². The average Bonchev–Trinajstić information content (AvgIpc) is 2.93. The van der Waals surface area contributed by atoms with Crippen molar-refractivity contribution in [2.24, 2.45) is 0 Å². The maximum Gasteiger partial charge on any atom is 0.332 e. The van der Waals surface area contributed by atoms with E-state index in [9.17, 15) is 14.9 Å². The van der Waals surface area contributed by atoms with Gasteiger partial charge in [0.2, 0.25) is 0 Å². The van der Waals surface area contributed by atoms with E-state index in [2.05, 4.69) is 22.4 Å². The summed E-state index contributed by atoms with van der Waals surface area (Å²) in [7, 11) is 0. The molecule has 8 nitrogen and oxygen atoms in total. The van der Waals surface area contributed by atoms with Crippen molar-refractivity contribution >= 4 is 23.4 Å². The zero-order chi connectivity index (χ0) is 24.4. The van der Waals surface area contributed by atoms with E-state index in [4.69, 9.17) is 5.26 Å². The Morgan fingerprint density at radius 3 is 2.42 bits per heavy atom. The summed E-state index contributed by atoms with van der Waals surface area (Å²) < 4.78 is 0. The molecule has 3 amide bonds. The zero-order valence-corrected chi connectivity index (χ0v) is 19.6. The Morgan fingerprint density at radius 2 is 1.82 bits per heavy atom. The number of imide groups is 1. The van der Waals surface area contributed by atoms with E-state index in [1.165, 1.54) is 4.90 Å². The van der Waals surface area contributed by atoms with Gasteiger partial charge in [0.1, 0.15) is 11.4 Å². The van der Waals surface area contributed by atoms with E-state index in [0.29, 0.717) is 17.9 Å². The van der Waals surface area contributed by atoms with E-state index in [0.717, 1.165) is 11.1 Å². The van der Waals surface area contributed by atoms with Crippen LogP contribution in [0.2, 0.25) is 0 Å². The molecule has 170 valence electrons. The smallest absolute Gasteiger partial charge is 0.332 e. The fraction of sp³-hybridized carbons (Fsp3) is 0.400. The third kappa shape index (κ3) is 4.65. The Bertz CT molecular complexity index is 1140. The molecule has 8 heteroatoms. The van der Waals surface area contributed by atoms with Gasteiger partial charge in [0.05, 0.1) is 29.7 Å². The number of hydrogen-bond donors (Lipinski definition) is 1. The summed E-state index contributed by atoms with van der Waals surface area (Å²) in [5, 5.41) is 21.4. The normalized spacial score (nSPS) is 16.3. The number of carbonyl (C=O) groups is 2. The van der Waals surface area contributed by atoms with Gasteiger partial charge in [-0.1, -0.05) is 12.1 Å². The van der Waals surface area contributed by atoms with Gasteiger partial charge in [0.15, 0.2) is 0 Å². The predicted molar refractivity (Wildman–Crippen MR) is 125 cm³/mol. The van der Waals surface area contributed by atoms with Crippen LogP contribution >= 0.6 is 0 Å². The Labute approximate surface area is 194 Å². The molecule has 3 rings (SSSR count). The van der Waals surface area contributed by atoms with Crippen LogP contribution in [0, 0.1) is 22.7 Å². The lowest BCUT2D eigenvalue weighted by Gasteiger charge is -2.27. The Morgan fingerprint density at radius 1 is 1.15 bits per heavy atom. The topological polar surface area (TPSA) is 113 Å². The van der Waals surface area contributed by atoms with Gasteiger partial charge < -0.3 is 10.2 Å². The van der Waals surface area contributed by atoms with Gasteiger partial charge in [0, 0.05) is 18.8 Å². The van der Waals surface area contributed by atoms with Crippen LogP contribution < -0.4 is 10.2 Å². The largest absolute Gasteiger partial charge is 0.367 e. The summed E-state index contributed by atoms with van der Waals surface area (Å²) in [4.78, 5) is 33.6. The molecule has 0 radical (unpaired) electrons. The van der Waals surface area contributed by atoms with Crippen molar-refractivity contribution in [1.82, 2.24) is 9.88 Å². The third-order valence-electron chi connectivity index (χ3n) is 5.91. The molecular formula is C25H28N6O2. The lowest BCUT2D eigenvalue weighted by Crippen LogP contribution is -2.43. The first kappa shape index (κ1) is 23.7. The standard InChI is InChI=1S/C25H28N6O2/c1-17(10-12-26)29-21-14-18(11-13-28-21)15-30-23(33)31(22(32)25(30,4)5)20-8-6-19(7-9-20)24(2,3)16-27/h6-9,11,13-14,17H,10,15H2,1-5H3,(H,28,29)/t17-/m0/s1. The van der Waals surface area contributed by atoms with Gasteiger partial charge in [-0.2, -0.15) is 10.5 Å². The number of amides is 3. The van der Waals surface area contributed by atoms with E-state index in [1.807, 2.05) is 26.8 Å². The minimum Gasteiger partial charge on any atom is -0.367 e. The van der Waals surface area contributed by atoms with Crippen LogP contribution in [-0.2, 0) is 16.8 Å². The molecule has 2 aromatic rings. The minimum absolute atomic E-state index is 0.0614. The number of carbonyl (C=O) groups excluding carboxylic acids is 2. The predicted octanol–water partition coefficient (Wildman–Crippen LogP) is 4.34. The highest BCUT2D eigenvalue weighted by Crippen LogP contribution is 2.34. The number of nitrogens with zero attached hydrogens (tertiary/aromatic N) is 5. The summed E-state index contributed by atoms with van der Waals surface area (Å²) in [6, 6.07) is 14.5. The molecule has 2 heterocycles. The fourth-order valence-corrected chi connectivity index (χ4v) is 3.69. The Kier molecular flexibility index (Phi) is 6.41. The molecule has 1 saturated heterocycles. The molecule has 1 N–H and O–H groups in total. The molecule has 0 spiro atoms. The first-order valence-electron chi connectivity index (χ1n) is 10.8. The minimum atomic E-state index is -1.04. The van der Waals surface area contributed by atoms with Crippen molar-refractivity contribution in [2.45, 2.75) is 64.6 Å². The summed E-state index contributed by atoms with van der Waals surface area (Å²) in [6.07, 6.45) is 1.98. The molecule has 1 fully saturated rings. The van der Waals surface area contributed by atoms with Crippen LogP contribution in [0.15, 0.2) is 42.6 Å². The highest BCUT2D eigenvalue weighted by Gasteiger charge is 2.51. The molecular weight excluding hydrogens is 416 g/mol. The number of hydrogen-bond acceptors (Lipinski definition) is 6. The van der Waals surface area contributed by atoms with Gasteiger partial charge >= 0.3 is 6.03 Å². The number of pyridine rings is 1. The number of urea groups is 1.